The van der Waals surface area contributed by atoms with Gasteiger partial charge in [-0.2, -0.15) is 0 Å². The van der Waals surface area contributed by atoms with Gasteiger partial charge in [-0.25, -0.2) is 21.6 Å². The Labute approximate surface area is 230 Å². The molecule has 2 aromatic rings. The minimum Gasteiger partial charge on any atom is -0.385 e. The summed E-state index contributed by atoms with van der Waals surface area (Å²) in [6.45, 7) is 3.70. The average Bonchev–Trinajstić information content (AvgIpc) is 2.89. The second-order valence-corrected chi connectivity index (χ2v) is 13.1. The number of hydrogen-bond donors (Lipinski definition) is 2. The van der Waals surface area contributed by atoms with E-state index in [9.17, 15) is 31.5 Å². The molecule has 2 atom stereocenters. The molecule has 2 unspecified atom stereocenters. The summed E-state index contributed by atoms with van der Waals surface area (Å²) in [5, 5.41) is 13.1. The number of hydrogen-bond acceptors (Lipinski definition) is 5. The van der Waals surface area contributed by atoms with Crippen LogP contribution in [0, 0.1) is 36.2 Å². The van der Waals surface area contributed by atoms with Gasteiger partial charge in [-0.05, 0) is 67.7 Å². The Hall–Kier alpha value is -2.69. The highest BCUT2D eigenvalue weighted by Gasteiger charge is 2.60. The second-order valence-electron chi connectivity index (χ2n) is 10.3. The third-order valence-corrected chi connectivity index (χ3v) is 10.3. The lowest BCUT2D eigenvalue weighted by atomic mass is 9.51. The minimum atomic E-state index is -3.64. The molecule has 39 heavy (non-hydrogen) atoms. The van der Waals surface area contributed by atoms with Crippen LogP contribution in [0.25, 0.3) is 0 Å². The van der Waals surface area contributed by atoms with Crippen LogP contribution < -0.4 is 5.32 Å². The Morgan fingerprint density at radius 2 is 1.82 bits per heavy atom. The lowest BCUT2D eigenvalue weighted by molar-refractivity contribution is -0.184. The van der Waals surface area contributed by atoms with Crippen LogP contribution in [0.4, 0.5) is 18.9 Å². The molecular formula is C28H30ClF3N2O4S. The fourth-order valence-electron chi connectivity index (χ4n) is 5.74. The van der Waals surface area contributed by atoms with Crippen molar-refractivity contribution in [3.05, 3.63) is 81.9 Å². The summed E-state index contributed by atoms with van der Waals surface area (Å²) in [7, 11) is -3.64. The van der Waals surface area contributed by atoms with Crippen molar-refractivity contribution in [3.8, 4) is 0 Å². The molecule has 1 amide bonds. The van der Waals surface area contributed by atoms with Gasteiger partial charge in [-0.15, -0.1) is 0 Å². The van der Waals surface area contributed by atoms with E-state index in [-0.39, 0.29) is 34.5 Å². The fourth-order valence-corrected chi connectivity index (χ4v) is 8.03. The molecule has 210 valence electrons. The van der Waals surface area contributed by atoms with E-state index >= 15 is 0 Å². The molecule has 1 aromatic carbocycles. The number of pyridine rings is 1. The van der Waals surface area contributed by atoms with E-state index in [2.05, 4.69) is 10.3 Å². The predicted octanol–water partition coefficient (Wildman–Crippen LogP) is 5.70. The number of allylic oxidation sites excluding steroid dienone is 2. The number of amides is 1. The van der Waals surface area contributed by atoms with E-state index in [1.165, 1.54) is 12.2 Å². The fraction of sp³-hybridized carbons (Fsp3) is 0.429. The Bertz CT molecular complexity index is 1410. The summed E-state index contributed by atoms with van der Waals surface area (Å²) in [4.78, 5) is 16.7. The first-order chi connectivity index (χ1) is 18.4. The number of benzene rings is 1. The van der Waals surface area contributed by atoms with E-state index in [0.29, 0.717) is 31.4 Å². The van der Waals surface area contributed by atoms with Gasteiger partial charge >= 0.3 is 0 Å². The van der Waals surface area contributed by atoms with Crippen molar-refractivity contribution in [3.63, 3.8) is 0 Å². The molecule has 2 bridgehead atoms. The Kier molecular flexibility index (Phi) is 8.58. The van der Waals surface area contributed by atoms with Crippen LogP contribution in [0.15, 0.2) is 53.4 Å². The molecule has 3 aliphatic rings. The van der Waals surface area contributed by atoms with Crippen LogP contribution in [0.1, 0.15) is 50.2 Å². The molecule has 5 rings (SSSR count). The number of aliphatic hydroxyl groups is 1. The molecule has 6 nitrogen and oxygen atoms in total. The average molecular weight is 583 g/mol. The maximum Gasteiger partial charge on any atom is 0.251 e. The first-order valence-corrected chi connectivity index (χ1v) is 14.8. The van der Waals surface area contributed by atoms with Crippen LogP contribution in [0.3, 0.4) is 0 Å². The number of nitrogens with one attached hydrogen (secondary N) is 1. The third-order valence-electron chi connectivity index (χ3n) is 7.73. The molecule has 0 saturated heterocycles. The van der Waals surface area contributed by atoms with Crippen molar-refractivity contribution in [1.82, 2.24) is 4.98 Å². The van der Waals surface area contributed by atoms with Crippen molar-refractivity contribution in [2.75, 3.05) is 11.1 Å². The largest absolute Gasteiger partial charge is 0.385 e. The van der Waals surface area contributed by atoms with Crippen LogP contribution in [-0.2, 0) is 20.2 Å². The smallest absolute Gasteiger partial charge is 0.251 e. The van der Waals surface area contributed by atoms with Crippen molar-refractivity contribution in [2.24, 2.45) is 11.8 Å². The molecule has 0 spiro atoms. The van der Waals surface area contributed by atoms with Crippen molar-refractivity contribution in [2.45, 2.75) is 56.8 Å². The number of rotatable bonds is 9. The number of aromatic nitrogens is 1. The van der Waals surface area contributed by atoms with E-state index < -0.39 is 49.8 Å². The van der Waals surface area contributed by atoms with Gasteiger partial charge in [0.15, 0.2) is 27.3 Å². The van der Waals surface area contributed by atoms with Gasteiger partial charge < -0.3 is 10.4 Å². The number of carbonyl (C=O) groups excluding carboxylic acids is 1. The highest BCUT2D eigenvalue weighted by Crippen LogP contribution is 2.60. The number of fused-ring (bicyclic) bond motifs is 2. The van der Waals surface area contributed by atoms with Gasteiger partial charge in [0.25, 0.3) is 5.91 Å². The topological polar surface area (TPSA) is 96.4 Å². The minimum absolute atomic E-state index is 0.00904. The van der Waals surface area contributed by atoms with Gasteiger partial charge in [0, 0.05) is 40.8 Å². The highest BCUT2D eigenvalue weighted by molar-refractivity contribution is 7.92. The van der Waals surface area contributed by atoms with Gasteiger partial charge in [-0.3, -0.25) is 9.78 Å². The monoisotopic (exact) mass is 582 g/mol. The van der Waals surface area contributed by atoms with E-state index in [4.69, 9.17) is 11.6 Å². The number of aryl methyl sites for hydroxylation is 1. The zero-order valence-electron chi connectivity index (χ0n) is 21.6. The molecule has 2 N–H and O–H groups in total. The summed E-state index contributed by atoms with van der Waals surface area (Å²) in [6.07, 6.45) is 8.27. The molecule has 3 aliphatic carbocycles. The highest BCUT2D eigenvalue weighted by atomic mass is 35.5. The van der Waals surface area contributed by atoms with Gasteiger partial charge in [0.1, 0.15) is 0 Å². The van der Waals surface area contributed by atoms with Crippen LogP contribution in [0.2, 0.25) is 0 Å². The molecule has 0 aliphatic heterocycles. The molecular weight excluding hydrogens is 553 g/mol. The maximum atomic E-state index is 13.5. The van der Waals surface area contributed by atoms with Crippen molar-refractivity contribution >= 4 is 33.0 Å². The first-order valence-electron chi connectivity index (χ1n) is 12.7. The predicted molar refractivity (Wildman–Crippen MR) is 143 cm³/mol. The van der Waals surface area contributed by atoms with Gasteiger partial charge in [0.2, 0.25) is 0 Å². The Morgan fingerprint density at radius 3 is 2.41 bits per heavy atom. The first kappa shape index (κ1) is 29.3. The number of halogens is 4. The number of carbonyl (C=O) groups is 1. The van der Waals surface area contributed by atoms with E-state index in [0.717, 1.165) is 17.5 Å². The Morgan fingerprint density at radius 1 is 1.18 bits per heavy atom. The van der Waals surface area contributed by atoms with Crippen molar-refractivity contribution in [1.29, 1.82) is 0 Å². The molecule has 1 aromatic heterocycles. The number of sulfone groups is 1. The molecule has 0 radical (unpaired) electrons. The second kappa shape index (κ2) is 11.4. The zero-order valence-corrected chi connectivity index (χ0v) is 23.1. The van der Waals surface area contributed by atoms with E-state index in [1.807, 2.05) is 13.8 Å². The molecule has 11 heteroatoms. The van der Waals surface area contributed by atoms with Gasteiger partial charge in [0.05, 0.1) is 16.6 Å². The summed E-state index contributed by atoms with van der Waals surface area (Å²) in [5.41, 5.74) is 0.560. The van der Waals surface area contributed by atoms with Gasteiger partial charge in [-0.1, -0.05) is 31.0 Å². The van der Waals surface area contributed by atoms with Crippen LogP contribution in [-0.4, -0.2) is 35.4 Å². The summed E-state index contributed by atoms with van der Waals surface area (Å²) >= 11 is 6.28. The van der Waals surface area contributed by atoms with E-state index in [1.54, 1.807) is 18.5 Å². The third kappa shape index (κ3) is 5.93. The standard InChI is InChI=1S/C28H30ClF3N2O4S/c1-3-4-17(27(35)34-21-12-24(30)26(32)25(31)13-21)5-6-20(29)15-39(37,38)22-10-18-9-19(11-22)28(18,36)23-7-8-33-14-16(23)2/h5-8,12-14,18-19,22,36H,3-4,9-11,15H2,1-2H3,(H,34,35)/b17-5+,20-6+/t18?,19?,22-,28-. The summed E-state index contributed by atoms with van der Waals surface area (Å²) in [6, 6.07) is 3.13. The number of nitrogens with zero attached hydrogens (tertiary/aromatic N) is 1. The number of anilines is 1. The lowest BCUT2D eigenvalue weighted by Gasteiger charge is -2.58. The van der Waals surface area contributed by atoms with Crippen LogP contribution >= 0.6 is 11.6 Å². The summed E-state index contributed by atoms with van der Waals surface area (Å²) in [5.74, 6) is -5.97. The molecule has 3 saturated carbocycles. The van der Waals surface area contributed by atoms with Crippen molar-refractivity contribution < 1.29 is 31.5 Å². The molecule has 3 fully saturated rings. The lowest BCUT2D eigenvalue weighted by Crippen LogP contribution is -2.60. The SMILES string of the molecule is CCC/C(=C\C=C(\Cl)CS(=O)(=O)[C@H]1CC2CC(C1)[C@]2(O)c1ccncc1C)C(=O)Nc1cc(F)c(F)c(F)c1. The zero-order chi connectivity index (χ0) is 28.5. The normalized spacial score (nSPS) is 25.3. The Balaban J connectivity index is 1.43. The molecule has 1 heterocycles. The maximum absolute atomic E-state index is 13.5. The van der Waals surface area contributed by atoms with Crippen LogP contribution in [0.5, 0.6) is 0 Å². The summed E-state index contributed by atoms with van der Waals surface area (Å²) < 4.78 is 66.6. The quantitative estimate of drug-likeness (QED) is 0.225.